The summed E-state index contributed by atoms with van der Waals surface area (Å²) in [6.07, 6.45) is 2.26. The van der Waals surface area contributed by atoms with E-state index in [2.05, 4.69) is 20.8 Å². The third-order valence-electron chi connectivity index (χ3n) is 2.53. The Morgan fingerprint density at radius 2 is 1.82 bits per heavy atom. The zero-order valence-corrected chi connectivity index (χ0v) is 7.46. The van der Waals surface area contributed by atoms with Crippen molar-refractivity contribution in [3.63, 3.8) is 0 Å². The van der Waals surface area contributed by atoms with Crippen LogP contribution in [0.3, 0.4) is 0 Å². The van der Waals surface area contributed by atoms with E-state index in [-0.39, 0.29) is 12.1 Å². The summed E-state index contributed by atoms with van der Waals surface area (Å²) in [7, 11) is 0. The quantitative estimate of drug-likeness (QED) is 0.579. The second-order valence-corrected chi connectivity index (χ2v) is 4.27. The Balaban J connectivity index is 1.80. The van der Waals surface area contributed by atoms with Gasteiger partial charge in [-0.15, -0.1) is 0 Å². The van der Waals surface area contributed by atoms with Gasteiger partial charge in [-0.1, -0.05) is 20.8 Å². The van der Waals surface area contributed by atoms with Crippen LogP contribution in [0.4, 0.5) is 0 Å². The van der Waals surface area contributed by atoms with Gasteiger partial charge in [-0.2, -0.15) is 0 Å². The summed E-state index contributed by atoms with van der Waals surface area (Å²) in [4.78, 5) is 0. The van der Waals surface area contributed by atoms with Gasteiger partial charge in [0.05, 0.1) is 0 Å². The first-order valence-corrected chi connectivity index (χ1v) is 4.47. The SMILES string of the molecule is CC1CC2(C1)OC(C(C)C)O2. The monoisotopic (exact) mass is 156 g/mol. The van der Waals surface area contributed by atoms with Crippen LogP contribution in [0.5, 0.6) is 0 Å². The van der Waals surface area contributed by atoms with E-state index < -0.39 is 0 Å². The van der Waals surface area contributed by atoms with Gasteiger partial charge in [-0.25, -0.2) is 0 Å². The standard InChI is InChI=1S/C9H16O2/c1-6(2)8-10-9(11-8)4-7(3)5-9/h6-8H,4-5H2,1-3H3. The Labute approximate surface area is 67.9 Å². The summed E-state index contributed by atoms with van der Waals surface area (Å²) < 4.78 is 11.3. The van der Waals surface area contributed by atoms with E-state index in [1.54, 1.807) is 0 Å². The van der Waals surface area contributed by atoms with Crippen molar-refractivity contribution >= 4 is 0 Å². The maximum absolute atomic E-state index is 5.67. The van der Waals surface area contributed by atoms with Gasteiger partial charge in [0, 0.05) is 18.8 Å². The highest BCUT2D eigenvalue weighted by atomic mass is 16.9. The molecule has 1 saturated carbocycles. The van der Waals surface area contributed by atoms with Crippen molar-refractivity contribution in [2.45, 2.75) is 45.7 Å². The molecule has 0 bridgehead atoms. The Morgan fingerprint density at radius 1 is 1.27 bits per heavy atom. The molecule has 2 heteroatoms. The van der Waals surface area contributed by atoms with Crippen LogP contribution in [0.15, 0.2) is 0 Å². The third-order valence-corrected chi connectivity index (χ3v) is 2.53. The minimum absolute atomic E-state index is 0.0718. The van der Waals surface area contributed by atoms with Crippen LogP contribution in [0.25, 0.3) is 0 Å². The topological polar surface area (TPSA) is 18.5 Å². The molecule has 1 aliphatic carbocycles. The molecule has 64 valence electrons. The molecule has 0 amide bonds. The molecular formula is C9H16O2. The lowest BCUT2D eigenvalue weighted by Crippen LogP contribution is -2.62. The maximum atomic E-state index is 5.67. The number of rotatable bonds is 1. The molecule has 0 atom stereocenters. The predicted octanol–water partition coefficient (Wildman–Crippen LogP) is 2.14. The Bertz CT molecular complexity index is 151. The molecule has 1 saturated heterocycles. The lowest BCUT2D eigenvalue weighted by Gasteiger charge is -2.56. The predicted molar refractivity (Wildman–Crippen MR) is 41.9 cm³/mol. The molecule has 2 rings (SSSR count). The number of hydrogen-bond donors (Lipinski definition) is 0. The fourth-order valence-corrected chi connectivity index (χ4v) is 1.90. The largest absolute Gasteiger partial charge is 0.321 e. The van der Waals surface area contributed by atoms with Gasteiger partial charge >= 0.3 is 0 Å². The highest BCUT2D eigenvalue weighted by Crippen LogP contribution is 2.50. The normalized spacial score (nSPS) is 49.1. The number of hydrogen-bond acceptors (Lipinski definition) is 2. The molecule has 0 aromatic heterocycles. The van der Waals surface area contributed by atoms with Crippen LogP contribution >= 0.6 is 0 Å². The summed E-state index contributed by atoms with van der Waals surface area (Å²) in [5.41, 5.74) is 0. The van der Waals surface area contributed by atoms with E-state index in [0.29, 0.717) is 5.92 Å². The second-order valence-electron chi connectivity index (χ2n) is 4.27. The van der Waals surface area contributed by atoms with Crippen molar-refractivity contribution in [3.05, 3.63) is 0 Å². The van der Waals surface area contributed by atoms with Gasteiger partial charge in [0.1, 0.15) is 0 Å². The number of ether oxygens (including phenoxy) is 2. The van der Waals surface area contributed by atoms with Crippen LogP contribution in [0.2, 0.25) is 0 Å². The second kappa shape index (κ2) is 2.20. The Hall–Kier alpha value is -0.0800. The molecule has 1 aliphatic heterocycles. The van der Waals surface area contributed by atoms with Crippen LogP contribution in [0.1, 0.15) is 33.6 Å². The van der Waals surface area contributed by atoms with Crippen molar-refractivity contribution in [2.75, 3.05) is 0 Å². The van der Waals surface area contributed by atoms with E-state index in [0.717, 1.165) is 18.8 Å². The van der Waals surface area contributed by atoms with Gasteiger partial charge in [0.15, 0.2) is 12.1 Å². The van der Waals surface area contributed by atoms with Crippen molar-refractivity contribution in [1.29, 1.82) is 0 Å². The molecule has 0 aromatic carbocycles. The molecule has 0 radical (unpaired) electrons. The maximum Gasteiger partial charge on any atom is 0.175 e. The molecule has 1 heterocycles. The van der Waals surface area contributed by atoms with Crippen molar-refractivity contribution < 1.29 is 9.47 Å². The zero-order valence-electron chi connectivity index (χ0n) is 7.46. The molecule has 1 spiro atoms. The minimum Gasteiger partial charge on any atom is -0.321 e. The van der Waals surface area contributed by atoms with E-state index in [1.807, 2.05) is 0 Å². The fraction of sp³-hybridized carbons (Fsp3) is 1.00. The summed E-state index contributed by atoms with van der Waals surface area (Å²) in [6.45, 7) is 6.49. The Morgan fingerprint density at radius 3 is 2.18 bits per heavy atom. The highest BCUT2D eigenvalue weighted by molar-refractivity contribution is 4.91. The summed E-state index contributed by atoms with van der Waals surface area (Å²) in [6, 6.07) is 0. The lowest BCUT2D eigenvalue weighted by molar-refractivity contribution is -0.492. The molecule has 0 N–H and O–H groups in total. The van der Waals surface area contributed by atoms with E-state index in [9.17, 15) is 0 Å². The lowest BCUT2D eigenvalue weighted by atomic mass is 9.79. The molecule has 11 heavy (non-hydrogen) atoms. The molecule has 2 nitrogen and oxygen atoms in total. The van der Waals surface area contributed by atoms with Gasteiger partial charge in [0.2, 0.25) is 0 Å². The summed E-state index contributed by atoms with van der Waals surface area (Å²) in [5, 5.41) is 0. The zero-order chi connectivity index (χ0) is 8.06. The Kier molecular flexibility index (Phi) is 1.52. The van der Waals surface area contributed by atoms with Gasteiger partial charge in [-0.3, -0.25) is 0 Å². The van der Waals surface area contributed by atoms with Crippen LogP contribution in [0, 0.1) is 11.8 Å². The molecule has 2 aliphatic rings. The first-order chi connectivity index (χ1) is 5.11. The molecule has 0 aromatic rings. The molecular weight excluding hydrogens is 140 g/mol. The third kappa shape index (κ3) is 1.09. The summed E-state index contributed by atoms with van der Waals surface area (Å²) in [5.74, 6) is 1.16. The highest BCUT2D eigenvalue weighted by Gasteiger charge is 2.55. The van der Waals surface area contributed by atoms with E-state index in [1.165, 1.54) is 0 Å². The van der Waals surface area contributed by atoms with E-state index >= 15 is 0 Å². The van der Waals surface area contributed by atoms with Crippen LogP contribution in [-0.2, 0) is 9.47 Å². The minimum atomic E-state index is -0.131. The van der Waals surface area contributed by atoms with Gasteiger partial charge < -0.3 is 9.47 Å². The fourth-order valence-electron chi connectivity index (χ4n) is 1.90. The molecule has 0 unspecified atom stereocenters. The first kappa shape index (κ1) is 7.56. The van der Waals surface area contributed by atoms with Gasteiger partial charge in [0.25, 0.3) is 0 Å². The smallest absolute Gasteiger partial charge is 0.175 e. The van der Waals surface area contributed by atoms with Crippen molar-refractivity contribution in [1.82, 2.24) is 0 Å². The summed E-state index contributed by atoms with van der Waals surface area (Å²) >= 11 is 0. The average Bonchev–Trinajstić information content (AvgIpc) is 1.73. The van der Waals surface area contributed by atoms with Gasteiger partial charge in [-0.05, 0) is 5.92 Å². The van der Waals surface area contributed by atoms with Crippen molar-refractivity contribution in [3.8, 4) is 0 Å². The molecule has 2 fully saturated rings. The van der Waals surface area contributed by atoms with E-state index in [4.69, 9.17) is 9.47 Å². The van der Waals surface area contributed by atoms with Crippen LogP contribution in [-0.4, -0.2) is 12.1 Å². The first-order valence-electron chi connectivity index (χ1n) is 4.47. The average molecular weight is 156 g/mol. The van der Waals surface area contributed by atoms with Crippen LogP contribution < -0.4 is 0 Å². The van der Waals surface area contributed by atoms with Crippen molar-refractivity contribution in [2.24, 2.45) is 11.8 Å².